The van der Waals surface area contributed by atoms with Gasteiger partial charge in [-0.2, -0.15) is 13.2 Å². The molecule has 1 amide bonds. The van der Waals surface area contributed by atoms with E-state index in [1.807, 2.05) is 0 Å². The summed E-state index contributed by atoms with van der Waals surface area (Å²) < 4.78 is 37.9. The molecule has 0 aliphatic carbocycles. The quantitative estimate of drug-likeness (QED) is 0.895. The van der Waals surface area contributed by atoms with Crippen LogP contribution in [0, 0.1) is 5.92 Å². The van der Waals surface area contributed by atoms with Gasteiger partial charge in [0.2, 0.25) is 5.91 Å². The minimum absolute atomic E-state index is 0.0330. The molecule has 1 unspecified atom stereocenters. The van der Waals surface area contributed by atoms with Crippen molar-refractivity contribution in [3.8, 4) is 0 Å². The van der Waals surface area contributed by atoms with E-state index >= 15 is 0 Å². The average Bonchev–Trinajstić information content (AvgIpc) is 2.29. The van der Waals surface area contributed by atoms with E-state index in [0.717, 1.165) is 12.1 Å². The van der Waals surface area contributed by atoms with Gasteiger partial charge in [0.15, 0.2) is 0 Å². The fourth-order valence-electron chi connectivity index (χ4n) is 1.43. The number of nitrogens with one attached hydrogen (secondary N) is 1. The van der Waals surface area contributed by atoms with Crippen LogP contribution in [0.5, 0.6) is 0 Å². The Bertz CT molecular complexity index is 463. The maximum absolute atomic E-state index is 12.6. The van der Waals surface area contributed by atoms with Crippen molar-refractivity contribution in [1.82, 2.24) is 0 Å². The van der Waals surface area contributed by atoms with E-state index in [1.165, 1.54) is 6.07 Å². The van der Waals surface area contributed by atoms with Crippen LogP contribution in [0.4, 0.5) is 18.9 Å². The Morgan fingerprint density at radius 1 is 1.47 bits per heavy atom. The number of amides is 1. The van der Waals surface area contributed by atoms with Crippen LogP contribution in [0.3, 0.4) is 0 Å². The largest absolute Gasteiger partial charge is 0.417 e. The summed E-state index contributed by atoms with van der Waals surface area (Å²) in [6.45, 7) is 2.12. The van der Waals surface area contributed by atoms with Gasteiger partial charge in [-0.05, 0) is 30.7 Å². The second-order valence-corrected chi connectivity index (χ2v) is 4.69. The first kappa shape index (κ1) is 15.8. The molecular formula is C12H14ClF3N2O. The average molecular weight is 295 g/mol. The number of carbonyl (C=O) groups excluding carboxylic acids is 1. The van der Waals surface area contributed by atoms with Gasteiger partial charge in [-0.3, -0.25) is 4.79 Å². The standard InChI is InChI=1S/C12H14ClF3N2O/c1-7(6-17)4-11(19)18-8-2-3-10(13)9(5-8)12(14,15)16/h2-3,5,7H,4,6,17H2,1H3,(H,18,19). The van der Waals surface area contributed by atoms with Crippen molar-refractivity contribution in [2.45, 2.75) is 19.5 Å². The zero-order valence-electron chi connectivity index (χ0n) is 10.2. The molecular weight excluding hydrogens is 281 g/mol. The molecule has 0 fully saturated rings. The van der Waals surface area contributed by atoms with Gasteiger partial charge in [-0.1, -0.05) is 18.5 Å². The SMILES string of the molecule is CC(CN)CC(=O)Nc1ccc(Cl)c(C(F)(F)F)c1. The fraction of sp³-hybridized carbons (Fsp3) is 0.417. The van der Waals surface area contributed by atoms with Crippen LogP contribution in [-0.4, -0.2) is 12.5 Å². The van der Waals surface area contributed by atoms with Crippen LogP contribution < -0.4 is 11.1 Å². The number of hydrogen-bond donors (Lipinski definition) is 2. The molecule has 1 aromatic rings. The highest BCUT2D eigenvalue weighted by Gasteiger charge is 2.33. The molecule has 3 nitrogen and oxygen atoms in total. The van der Waals surface area contributed by atoms with Crippen LogP contribution in [0.25, 0.3) is 0 Å². The number of hydrogen-bond acceptors (Lipinski definition) is 2. The molecule has 0 heterocycles. The third-order valence-electron chi connectivity index (χ3n) is 2.49. The molecule has 0 bridgehead atoms. The molecule has 0 radical (unpaired) electrons. The summed E-state index contributed by atoms with van der Waals surface area (Å²) >= 11 is 5.47. The summed E-state index contributed by atoms with van der Waals surface area (Å²) in [5, 5.41) is 1.99. The van der Waals surface area contributed by atoms with E-state index < -0.39 is 16.8 Å². The van der Waals surface area contributed by atoms with Gasteiger partial charge in [0.05, 0.1) is 10.6 Å². The number of alkyl halides is 3. The number of carbonyl (C=O) groups is 1. The fourth-order valence-corrected chi connectivity index (χ4v) is 1.66. The van der Waals surface area contributed by atoms with Crippen molar-refractivity contribution in [3.05, 3.63) is 28.8 Å². The van der Waals surface area contributed by atoms with E-state index in [4.69, 9.17) is 17.3 Å². The Balaban J connectivity index is 2.83. The molecule has 19 heavy (non-hydrogen) atoms. The molecule has 0 saturated heterocycles. The molecule has 0 aliphatic heterocycles. The van der Waals surface area contributed by atoms with Gasteiger partial charge < -0.3 is 11.1 Å². The zero-order chi connectivity index (χ0) is 14.6. The van der Waals surface area contributed by atoms with Crippen molar-refractivity contribution < 1.29 is 18.0 Å². The Hall–Kier alpha value is -1.27. The molecule has 1 atom stereocenters. The minimum Gasteiger partial charge on any atom is -0.330 e. The number of rotatable bonds is 4. The lowest BCUT2D eigenvalue weighted by molar-refractivity contribution is -0.137. The maximum atomic E-state index is 12.6. The summed E-state index contributed by atoms with van der Waals surface area (Å²) in [5.41, 5.74) is 4.46. The number of nitrogens with two attached hydrogens (primary N) is 1. The van der Waals surface area contributed by atoms with Crippen LogP contribution in [0.15, 0.2) is 18.2 Å². The minimum atomic E-state index is -4.55. The van der Waals surface area contributed by atoms with E-state index in [2.05, 4.69) is 5.32 Å². The normalized spacial score (nSPS) is 13.2. The Morgan fingerprint density at radius 3 is 2.63 bits per heavy atom. The topological polar surface area (TPSA) is 55.1 Å². The smallest absolute Gasteiger partial charge is 0.330 e. The van der Waals surface area contributed by atoms with Gasteiger partial charge >= 0.3 is 6.18 Å². The van der Waals surface area contributed by atoms with Crippen LogP contribution in [-0.2, 0) is 11.0 Å². The lowest BCUT2D eigenvalue weighted by atomic mass is 10.1. The molecule has 0 saturated carbocycles. The first-order valence-electron chi connectivity index (χ1n) is 5.60. The number of anilines is 1. The molecule has 1 aromatic carbocycles. The second-order valence-electron chi connectivity index (χ2n) is 4.29. The van der Waals surface area contributed by atoms with Gasteiger partial charge in [0.1, 0.15) is 0 Å². The predicted octanol–water partition coefficient (Wildman–Crippen LogP) is 3.28. The Morgan fingerprint density at radius 2 is 2.11 bits per heavy atom. The second kappa shape index (κ2) is 6.25. The van der Waals surface area contributed by atoms with E-state index in [0.29, 0.717) is 6.54 Å². The summed E-state index contributed by atoms with van der Waals surface area (Å²) in [7, 11) is 0. The summed E-state index contributed by atoms with van der Waals surface area (Å²) in [6, 6.07) is 3.24. The van der Waals surface area contributed by atoms with Crippen molar-refractivity contribution in [2.24, 2.45) is 11.7 Å². The van der Waals surface area contributed by atoms with Crippen molar-refractivity contribution in [3.63, 3.8) is 0 Å². The van der Waals surface area contributed by atoms with Gasteiger partial charge in [0, 0.05) is 12.1 Å². The van der Waals surface area contributed by atoms with Gasteiger partial charge in [-0.25, -0.2) is 0 Å². The van der Waals surface area contributed by atoms with Crippen molar-refractivity contribution >= 4 is 23.2 Å². The first-order chi connectivity index (χ1) is 8.74. The highest BCUT2D eigenvalue weighted by atomic mass is 35.5. The summed E-state index contributed by atoms with van der Waals surface area (Å²) in [4.78, 5) is 11.5. The highest BCUT2D eigenvalue weighted by Crippen LogP contribution is 2.36. The molecule has 7 heteroatoms. The molecule has 0 aromatic heterocycles. The predicted molar refractivity (Wildman–Crippen MR) is 67.9 cm³/mol. The van der Waals surface area contributed by atoms with E-state index in [1.54, 1.807) is 6.92 Å². The van der Waals surface area contributed by atoms with Crippen LogP contribution in [0.2, 0.25) is 5.02 Å². The lowest BCUT2D eigenvalue weighted by Crippen LogP contribution is -2.20. The monoisotopic (exact) mass is 294 g/mol. The zero-order valence-corrected chi connectivity index (χ0v) is 11.0. The molecule has 3 N–H and O–H groups in total. The van der Waals surface area contributed by atoms with Gasteiger partial charge in [-0.15, -0.1) is 0 Å². The third-order valence-corrected chi connectivity index (χ3v) is 2.82. The van der Waals surface area contributed by atoms with Crippen LogP contribution >= 0.6 is 11.6 Å². The first-order valence-corrected chi connectivity index (χ1v) is 5.98. The van der Waals surface area contributed by atoms with E-state index in [-0.39, 0.29) is 23.9 Å². The third kappa shape index (κ3) is 4.72. The Kier molecular flexibility index (Phi) is 5.20. The maximum Gasteiger partial charge on any atom is 0.417 e. The molecule has 106 valence electrons. The summed E-state index contributed by atoms with van der Waals surface area (Å²) in [6.07, 6.45) is -4.40. The molecule has 0 aliphatic rings. The number of benzene rings is 1. The van der Waals surface area contributed by atoms with Crippen molar-refractivity contribution in [2.75, 3.05) is 11.9 Å². The van der Waals surface area contributed by atoms with Gasteiger partial charge in [0.25, 0.3) is 0 Å². The highest BCUT2D eigenvalue weighted by molar-refractivity contribution is 6.31. The Labute approximate surface area is 113 Å². The van der Waals surface area contributed by atoms with Crippen molar-refractivity contribution in [1.29, 1.82) is 0 Å². The molecule has 1 rings (SSSR count). The lowest BCUT2D eigenvalue weighted by Gasteiger charge is -2.13. The molecule has 0 spiro atoms. The summed E-state index contributed by atoms with van der Waals surface area (Å²) in [5.74, 6) is -0.414. The number of halogens is 4. The van der Waals surface area contributed by atoms with Crippen LogP contribution in [0.1, 0.15) is 18.9 Å². The van der Waals surface area contributed by atoms with E-state index in [9.17, 15) is 18.0 Å².